The van der Waals surface area contributed by atoms with Crippen molar-refractivity contribution >= 4 is 0 Å². The van der Waals surface area contributed by atoms with Crippen molar-refractivity contribution in [3.63, 3.8) is 0 Å². The van der Waals surface area contributed by atoms with E-state index in [0.29, 0.717) is 55.2 Å². The number of halogens is 3. The Hall–Kier alpha value is -2.31. The van der Waals surface area contributed by atoms with Crippen LogP contribution in [0.15, 0.2) is 61.7 Å². The van der Waals surface area contributed by atoms with E-state index in [1.165, 1.54) is 13.2 Å². The number of aliphatic hydroxyl groups excluding tert-OH is 1. The minimum Gasteiger partial charge on any atom is -0.494 e. The van der Waals surface area contributed by atoms with Gasteiger partial charge in [-0.1, -0.05) is 25.3 Å². The van der Waals surface area contributed by atoms with E-state index >= 15 is 0 Å². The Kier molecular flexibility index (Phi) is 11.1. The highest BCUT2D eigenvalue weighted by Gasteiger charge is 2.29. The maximum atomic E-state index is 14.9. The zero-order valence-corrected chi connectivity index (χ0v) is 20.1. The van der Waals surface area contributed by atoms with Gasteiger partial charge in [-0.15, -0.1) is 13.2 Å². The number of rotatable bonds is 8. The molecule has 3 nitrogen and oxygen atoms in total. The topological polar surface area (TPSA) is 38.7 Å². The highest BCUT2D eigenvalue weighted by Crippen LogP contribution is 2.39. The molecule has 0 aromatic heterocycles. The Morgan fingerprint density at radius 3 is 1.88 bits per heavy atom. The van der Waals surface area contributed by atoms with Crippen molar-refractivity contribution in [3.05, 3.63) is 84.4 Å². The molecule has 0 saturated heterocycles. The Labute approximate surface area is 201 Å². The fourth-order valence-electron chi connectivity index (χ4n) is 4.76. The van der Waals surface area contributed by atoms with Crippen LogP contribution in [0.4, 0.5) is 13.2 Å². The third-order valence-corrected chi connectivity index (χ3v) is 6.74. The van der Waals surface area contributed by atoms with Crippen molar-refractivity contribution < 1.29 is 27.8 Å². The van der Waals surface area contributed by atoms with Gasteiger partial charge in [0.25, 0.3) is 0 Å². The SMILES string of the molecule is C=C.C=C(/C=C(/F)C(=C)OC)COC1CCC(c2ccc(C3CCC(O)CC3)c(F)c2F)CC1. The van der Waals surface area contributed by atoms with Crippen molar-refractivity contribution in [1.29, 1.82) is 0 Å². The van der Waals surface area contributed by atoms with Crippen molar-refractivity contribution in [3.8, 4) is 0 Å². The number of aliphatic hydroxyl groups is 1. The molecule has 6 heteroatoms. The Bertz CT molecular complexity index is 864. The second-order valence-corrected chi connectivity index (χ2v) is 8.94. The van der Waals surface area contributed by atoms with Crippen LogP contribution in [0.1, 0.15) is 74.3 Å². The van der Waals surface area contributed by atoms with Gasteiger partial charge < -0.3 is 14.6 Å². The molecule has 1 aromatic rings. The summed E-state index contributed by atoms with van der Waals surface area (Å²) in [5, 5.41) is 9.66. The average Bonchev–Trinajstić information content (AvgIpc) is 2.86. The first kappa shape index (κ1) is 27.9. The summed E-state index contributed by atoms with van der Waals surface area (Å²) in [6.07, 6.45) is 6.37. The third-order valence-electron chi connectivity index (χ3n) is 6.74. The number of ether oxygens (including phenoxy) is 2. The summed E-state index contributed by atoms with van der Waals surface area (Å²) in [4.78, 5) is 0. The number of allylic oxidation sites excluding steroid dienone is 1. The molecule has 34 heavy (non-hydrogen) atoms. The zero-order chi connectivity index (χ0) is 25.3. The Balaban J connectivity index is 0.00000199. The molecule has 3 rings (SSSR count). The van der Waals surface area contributed by atoms with Gasteiger partial charge in [-0.25, -0.2) is 13.2 Å². The van der Waals surface area contributed by atoms with E-state index in [1.807, 2.05) is 0 Å². The predicted molar refractivity (Wildman–Crippen MR) is 130 cm³/mol. The summed E-state index contributed by atoms with van der Waals surface area (Å²) in [5.74, 6) is -2.19. The van der Waals surface area contributed by atoms with E-state index < -0.39 is 17.5 Å². The van der Waals surface area contributed by atoms with Gasteiger partial charge in [-0.3, -0.25) is 0 Å². The van der Waals surface area contributed by atoms with Crippen LogP contribution >= 0.6 is 0 Å². The second-order valence-electron chi connectivity index (χ2n) is 8.94. The lowest BCUT2D eigenvalue weighted by atomic mass is 9.79. The van der Waals surface area contributed by atoms with Gasteiger partial charge in [0, 0.05) is 0 Å². The zero-order valence-electron chi connectivity index (χ0n) is 20.1. The van der Waals surface area contributed by atoms with Gasteiger partial charge in [0.1, 0.15) is 5.76 Å². The van der Waals surface area contributed by atoms with Crippen LogP contribution in [0.25, 0.3) is 0 Å². The molecule has 0 amide bonds. The van der Waals surface area contributed by atoms with Crippen LogP contribution < -0.4 is 0 Å². The van der Waals surface area contributed by atoms with E-state index in [0.717, 1.165) is 12.8 Å². The molecule has 0 spiro atoms. The van der Waals surface area contributed by atoms with Gasteiger partial charge >= 0.3 is 0 Å². The molecular formula is C28H37F3O3. The minimum atomic E-state index is -0.731. The third kappa shape index (κ3) is 7.34. The molecular weight excluding hydrogens is 441 g/mol. The van der Waals surface area contributed by atoms with E-state index in [4.69, 9.17) is 9.47 Å². The van der Waals surface area contributed by atoms with Crippen molar-refractivity contribution in [2.24, 2.45) is 0 Å². The molecule has 1 N–H and O–H groups in total. The lowest BCUT2D eigenvalue weighted by Gasteiger charge is -2.30. The molecule has 2 saturated carbocycles. The molecule has 0 atom stereocenters. The fraction of sp³-hybridized carbons (Fsp3) is 0.500. The van der Waals surface area contributed by atoms with Gasteiger partial charge in [0.15, 0.2) is 17.5 Å². The van der Waals surface area contributed by atoms with Gasteiger partial charge in [-0.05, 0) is 86.0 Å². The standard InChI is InChI=1S/C26H33F3O3.C2H4/c1-16(14-24(27)17(2)31-3)15-32-21-10-6-19(7-11-21)23-13-12-22(25(28)26(23)29)18-4-8-20(30)9-5-18;1-2/h12-14,18-21,30H,1-2,4-11,15H2,3H3;1-2H2/b24-14+;. The summed E-state index contributed by atoms with van der Waals surface area (Å²) in [5.41, 5.74) is 1.35. The molecule has 0 unspecified atom stereocenters. The summed E-state index contributed by atoms with van der Waals surface area (Å²) >= 11 is 0. The van der Waals surface area contributed by atoms with Crippen LogP contribution in [-0.2, 0) is 9.47 Å². The summed E-state index contributed by atoms with van der Waals surface area (Å²) < 4.78 is 54.1. The Morgan fingerprint density at radius 1 is 0.941 bits per heavy atom. The van der Waals surface area contributed by atoms with Crippen molar-refractivity contribution in [2.45, 2.75) is 75.4 Å². The number of methoxy groups -OCH3 is 1. The number of hydrogen-bond acceptors (Lipinski definition) is 3. The van der Waals surface area contributed by atoms with E-state index in [9.17, 15) is 18.3 Å². The Morgan fingerprint density at radius 2 is 1.41 bits per heavy atom. The van der Waals surface area contributed by atoms with Crippen LogP contribution in [0, 0.1) is 11.6 Å². The lowest BCUT2D eigenvalue weighted by molar-refractivity contribution is 0.0393. The molecule has 2 aliphatic carbocycles. The highest BCUT2D eigenvalue weighted by molar-refractivity contribution is 5.32. The van der Waals surface area contributed by atoms with Gasteiger partial charge in [0.05, 0.1) is 25.9 Å². The molecule has 0 bridgehead atoms. The largest absolute Gasteiger partial charge is 0.494 e. The van der Waals surface area contributed by atoms with Crippen LogP contribution in [0.5, 0.6) is 0 Å². The maximum absolute atomic E-state index is 14.9. The average molecular weight is 479 g/mol. The van der Waals surface area contributed by atoms with Crippen molar-refractivity contribution in [1.82, 2.24) is 0 Å². The summed E-state index contributed by atoms with van der Waals surface area (Å²) in [6, 6.07) is 3.47. The van der Waals surface area contributed by atoms with E-state index in [-0.39, 0.29) is 36.4 Å². The lowest BCUT2D eigenvalue weighted by Crippen LogP contribution is -2.22. The number of benzene rings is 1. The number of hydrogen-bond donors (Lipinski definition) is 1. The van der Waals surface area contributed by atoms with Gasteiger partial charge in [-0.2, -0.15) is 0 Å². The first-order chi connectivity index (χ1) is 16.3. The quantitative estimate of drug-likeness (QED) is 0.240. The summed E-state index contributed by atoms with van der Waals surface area (Å²) in [7, 11) is 1.34. The van der Waals surface area contributed by atoms with Crippen LogP contribution in [0.3, 0.4) is 0 Å². The maximum Gasteiger partial charge on any atom is 0.164 e. The highest BCUT2D eigenvalue weighted by atomic mass is 19.2. The minimum absolute atomic E-state index is 0.0223. The summed E-state index contributed by atoms with van der Waals surface area (Å²) in [6.45, 7) is 13.4. The van der Waals surface area contributed by atoms with E-state index in [1.54, 1.807) is 12.1 Å². The smallest absolute Gasteiger partial charge is 0.164 e. The van der Waals surface area contributed by atoms with Crippen molar-refractivity contribution in [2.75, 3.05) is 13.7 Å². The van der Waals surface area contributed by atoms with Crippen LogP contribution in [0.2, 0.25) is 0 Å². The predicted octanol–water partition coefficient (Wildman–Crippen LogP) is 7.40. The first-order valence-electron chi connectivity index (χ1n) is 11.9. The van der Waals surface area contributed by atoms with E-state index in [2.05, 4.69) is 26.3 Å². The van der Waals surface area contributed by atoms with Gasteiger partial charge in [0.2, 0.25) is 0 Å². The normalized spacial score (nSPS) is 25.1. The fourth-order valence-corrected chi connectivity index (χ4v) is 4.76. The molecule has 1 aromatic carbocycles. The molecule has 2 aliphatic rings. The molecule has 2 fully saturated rings. The van der Waals surface area contributed by atoms with Crippen LogP contribution in [-0.4, -0.2) is 31.0 Å². The second kappa shape index (κ2) is 13.5. The molecule has 0 radical (unpaired) electrons. The molecule has 0 aliphatic heterocycles. The monoisotopic (exact) mass is 478 g/mol. The first-order valence-corrected chi connectivity index (χ1v) is 11.9. The molecule has 0 heterocycles. The molecule has 188 valence electrons.